The maximum absolute atomic E-state index is 2.42. The summed E-state index contributed by atoms with van der Waals surface area (Å²) in [7, 11) is 0. The van der Waals surface area contributed by atoms with E-state index in [1.165, 1.54) is 69.7 Å². The van der Waals surface area contributed by atoms with Crippen molar-refractivity contribution in [3.63, 3.8) is 0 Å². The Labute approximate surface area is 315 Å². The minimum atomic E-state index is -0.0163. The van der Waals surface area contributed by atoms with Gasteiger partial charge in [-0.05, 0) is 119 Å². The lowest BCUT2D eigenvalue weighted by Crippen LogP contribution is -2.30. The van der Waals surface area contributed by atoms with Gasteiger partial charge in [0.1, 0.15) is 0 Å². The highest BCUT2D eigenvalue weighted by atomic mass is 15.1. The molecule has 0 aliphatic heterocycles. The van der Waals surface area contributed by atoms with Crippen LogP contribution in [0.5, 0.6) is 0 Å². The van der Waals surface area contributed by atoms with Gasteiger partial charge in [0, 0.05) is 45.0 Å². The molecule has 2 heteroatoms. The van der Waals surface area contributed by atoms with E-state index < -0.39 is 0 Å². The first-order chi connectivity index (χ1) is 26.0. The fraction of sp³-hybridized carbons (Fsp3) is 0.176. The quantitative estimate of drug-likeness (QED) is 0.157. The lowest BCUT2D eigenvalue weighted by atomic mass is 9.65. The second-order valence-electron chi connectivity index (χ2n) is 15.3. The lowest BCUT2D eigenvalue weighted by Gasteiger charge is -2.39. The van der Waals surface area contributed by atoms with E-state index >= 15 is 0 Å². The molecule has 2 aliphatic rings. The Morgan fingerprint density at radius 2 is 0.755 bits per heavy atom. The van der Waals surface area contributed by atoms with Gasteiger partial charge in [-0.3, -0.25) is 0 Å². The van der Waals surface area contributed by atoms with E-state index in [0.717, 1.165) is 29.9 Å². The van der Waals surface area contributed by atoms with Crippen LogP contribution in [0.3, 0.4) is 0 Å². The molecule has 0 amide bonds. The van der Waals surface area contributed by atoms with Crippen molar-refractivity contribution in [2.75, 3.05) is 9.80 Å². The number of fused-ring (bicyclic) bond motifs is 3. The van der Waals surface area contributed by atoms with Crippen LogP contribution in [0.1, 0.15) is 68.2 Å². The Balaban J connectivity index is 1.09. The van der Waals surface area contributed by atoms with Gasteiger partial charge < -0.3 is 9.80 Å². The highest BCUT2D eigenvalue weighted by molar-refractivity contribution is 5.86. The monoisotopic (exact) mass is 686 g/mol. The SMILES string of the molecule is CC1(C)c2ccccc2-c2cc(N(c3ccccc3)c3ccc(C4(c5ccc(N(c6ccccc6)c6ccccc6)cc5)CCCCC4)cc3)ccc21. The van der Waals surface area contributed by atoms with Crippen LogP contribution in [0.4, 0.5) is 34.1 Å². The Kier molecular flexibility index (Phi) is 8.47. The second-order valence-corrected chi connectivity index (χ2v) is 15.3. The average Bonchev–Trinajstić information content (AvgIpc) is 3.45. The zero-order valence-electron chi connectivity index (χ0n) is 30.8. The van der Waals surface area contributed by atoms with E-state index in [4.69, 9.17) is 0 Å². The minimum absolute atomic E-state index is 0.0138. The van der Waals surface area contributed by atoms with Gasteiger partial charge in [-0.25, -0.2) is 0 Å². The zero-order valence-corrected chi connectivity index (χ0v) is 30.8. The van der Waals surface area contributed by atoms with Gasteiger partial charge in [0.2, 0.25) is 0 Å². The number of anilines is 6. The van der Waals surface area contributed by atoms with Crippen molar-refractivity contribution < 1.29 is 0 Å². The third-order valence-corrected chi connectivity index (χ3v) is 11.9. The topological polar surface area (TPSA) is 6.48 Å². The molecule has 0 bridgehead atoms. The largest absolute Gasteiger partial charge is 0.311 e. The van der Waals surface area contributed by atoms with Crippen LogP contribution in [0.15, 0.2) is 182 Å². The van der Waals surface area contributed by atoms with Crippen molar-refractivity contribution in [1.29, 1.82) is 0 Å². The molecule has 0 radical (unpaired) electrons. The maximum atomic E-state index is 2.42. The molecule has 9 rings (SSSR count). The third-order valence-electron chi connectivity index (χ3n) is 11.9. The van der Waals surface area contributed by atoms with E-state index in [-0.39, 0.29) is 10.8 Å². The van der Waals surface area contributed by atoms with Gasteiger partial charge in [0.05, 0.1) is 0 Å². The Morgan fingerprint density at radius 1 is 0.358 bits per heavy atom. The molecule has 260 valence electrons. The Hall–Kier alpha value is -5.86. The predicted molar refractivity (Wildman–Crippen MR) is 224 cm³/mol. The molecule has 2 aliphatic carbocycles. The first-order valence-electron chi connectivity index (χ1n) is 19.2. The van der Waals surface area contributed by atoms with Crippen LogP contribution in [-0.2, 0) is 10.8 Å². The first-order valence-corrected chi connectivity index (χ1v) is 19.2. The molecule has 0 spiro atoms. The molecule has 1 fully saturated rings. The van der Waals surface area contributed by atoms with E-state index in [0.29, 0.717) is 0 Å². The van der Waals surface area contributed by atoms with Gasteiger partial charge >= 0.3 is 0 Å². The molecule has 7 aromatic carbocycles. The van der Waals surface area contributed by atoms with Crippen molar-refractivity contribution in [2.24, 2.45) is 0 Å². The second kappa shape index (κ2) is 13.6. The summed E-state index contributed by atoms with van der Waals surface area (Å²) in [6.45, 7) is 4.70. The van der Waals surface area contributed by atoms with Crippen LogP contribution in [0.25, 0.3) is 11.1 Å². The molecule has 2 nitrogen and oxygen atoms in total. The van der Waals surface area contributed by atoms with Crippen molar-refractivity contribution in [3.8, 4) is 11.1 Å². The standard InChI is InChI=1S/C51H46N2/c1-50(2)48-24-14-13-23-46(48)47-37-45(33-34-49(47)50)53(42-21-11-5-12-22-42)44-31-27-39(28-32-44)51(35-15-6-16-36-51)38-25-29-43(30-26-38)52(40-17-7-3-8-18-40)41-19-9-4-10-20-41/h3-5,7-14,17-34,37H,6,15-16,35-36H2,1-2H3. The summed E-state index contributed by atoms with van der Waals surface area (Å²) in [5.74, 6) is 0. The molecule has 53 heavy (non-hydrogen) atoms. The minimum Gasteiger partial charge on any atom is -0.311 e. The average molecular weight is 687 g/mol. The normalized spacial score (nSPS) is 15.3. The van der Waals surface area contributed by atoms with Gasteiger partial charge in [0.15, 0.2) is 0 Å². The molecule has 0 atom stereocenters. The van der Waals surface area contributed by atoms with Crippen LogP contribution in [-0.4, -0.2) is 0 Å². The summed E-state index contributed by atoms with van der Waals surface area (Å²) in [6, 6.07) is 67.1. The molecular formula is C51H46N2. The fourth-order valence-corrected chi connectivity index (χ4v) is 9.23. The van der Waals surface area contributed by atoms with Crippen LogP contribution >= 0.6 is 0 Å². The van der Waals surface area contributed by atoms with Crippen molar-refractivity contribution in [3.05, 3.63) is 204 Å². The molecule has 1 saturated carbocycles. The van der Waals surface area contributed by atoms with Crippen molar-refractivity contribution in [1.82, 2.24) is 0 Å². The summed E-state index contributed by atoms with van der Waals surface area (Å²) in [5, 5.41) is 0. The molecular weight excluding hydrogens is 641 g/mol. The summed E-state index contributed by atoms with van der Waals surface area (Å²) in [4.78, 5) is 4.77. The van der Waals surface area contributed by atoms with Crippen LogP contribution < -0.4 is 9.80 Å². The number of para-hydroxylation sites is 3. The molecule has 0 saturated heterocycles. The van der Waals surface area contributed by atoms with E-state index in [2.05, 4.69) is 206 Å². The predicted octanol–water partition coefficient (Wildman–Crippen LogP) is 14.2. The number of hydrogen-bond acceptors (Lipinski definition) is 2. The first kappa shape index (κ1) is 33.0. The molecule has 0 heterocycles. The van der Waals surface area contributed by atoms with Gasteiger partial charge in [0.25, 0.3) is 0 Å². The number of hydrogen-bond donors (Lipinski definition) is 0. The summed E-state index contributed by atoms with van der Waals surface area (Å²) in [6.07, 6.45) is 6.11. The molecule has 0 N–H and O–H groups in total. The molecule has 7 aromatic rings. The number of rotatable bonds is 8. The smallest absolute Gasteiger partial charge is 0.0468 e. The van der Waals surface area contributed by atoms with Crippen LogP contribution in [0, 0.1) is 0 Å². The maximum Gasteiger partial charge on any atom is 0.0468 e. The molecule has 0 unspecified atom stereocenters. The zero-order chi connectivity index (χ0) is 35.8. The van der Waals surface area contributed by atoms with E-state index in [1.54, 1.807) is 0 Å². The van der Waals surface area contributed by atoms with Crippen LogP contribution in [0.2, 0.25) is 0 Å². The Bertz CT molecular complexity index is 2280. The molecule has 0 aromatic heterocycles. The lowest BCUT2D eigenvalue weighted by molar-refractivity contribution is 0.346. The van der Waals surface area contributed by atoms with Crippen molar-refractivity contribution >= 4 is 34.1 Å². The third kappa shape index (κ3) is 5.83. The van der Waals surface area contributed by atoms with Gasteiger partial charge in [-0.1, -0.05) is 142 Å². The Morgan fingerprint density at radius 3 is 1.26 bits per heavy atom. The van der Waals surface area contributed by atoms with E-state index in [1.807, 2.05) is 0 Å². The van der Waals surface area contributed by atoms with Gasteiger partial charge in [-0.15, -0.1) is 0 Å². The fourth-order valence-electron chi connectivity index (χ4n) is 9.23. The number of benzene rings is 7. The van der Waals surface area contributed by atoms with Crippen molar-refractivity contribution in [2.45, 2.75) is 56.8 Å². The summed E-state index contributed by atoms with van der Waals surface area (Å²) < 4.78 is 0. The highest BCUT2D eigenvalue weighted by Crippen LogP contribution is 2.51. The van der Waals surface area contributed by atoms with Gasteiger partial charge in [-0.2, -0.15) is 0 Å². The van der Waals surface area contributed by atoms with E-state index in [9.17, 15) is 0 Å². The number of nitrogens with zero attached hydrogens (tertiary/aromatic N) is 2. The highest BCUT2D eigenvalue weighted by Gasteiger charge is 2.37. The summed E-state index contributed by atoms with van der Waals surface area (Å²) >= 11 is 0. The summed E-state index contributed by atoms with van der Waals surface area (Å²) in [5.41, 5.74) is 15.3.